The summed E-state index contributed by atoms with van der Waals surface area (Å²) in [6.07, 6.45) is -0.470. The van der Waals surface area contributed by atoms with Crippen LogP contribution in [-0.4, -0.2) is 23.7 Å². The van der Waals surface area contributed by atoms with Gasteiger partial charge in [0.05, 0.1) is 0 Å². The number of aliphatic carboxylic acids is 1. The maximum atomic E-state index is 11.7. The molecule has 0 saturated carbocycles. The van der Waals surface area contributed by atoms with Crippen LogP contribution in [0.4, 0.5) is 4.79 Å². The molecule has 0 aromatic heterocycles. The van der Waals surface area contributed by atoms with E-state index in [9.17, 15) is 14.7 Å². The molecule has 0 bridgehead atoms. The molecular formula is C15H20NO4-. The van der Waals surface area contributed by atoms with Gasteiger partial charge in [0.15, 0.2) is 0 Å². The van der Waals surface area contributed by atoms with Crippen LogP contribution in [0.15, 0.2) is 30.3 Å². The van der Waals surface area contributed by atoms with Crippen molar-refractivity contribution in [1.29, 1.82) is 0 Å². The molecule has 1 aromatic rings. The molecule has 5 nitrogen and oxygen atoms in total. The van der Waals surface area contributed by atoms with E-state index in [-0.39, 0.29) is 6.42 Å². The molecule has 0 aliphatic heterocycles. The highest BCUT2D eigenvalue weighted by Gasteiger charge is 2.19. The van der Waals surface area contributed by atoms with Gasteiger partial charge in [-0.3, -0.25) is 0 Å². The number of hydrogen-bond donors (Lipinski definition) is 1. The van der Waals surface area contributed by atoms with Crippen LogP contribution < -0.4 is 10.4 Å². The molecule has 20 heavy (non-hydrogen) atoms. The number of carbonyl (C=O) groups excluding carboxylic acids is 2. The van der Waals surface area contributed by atoms with Gasteiger partial charge in [0.2, 0.25) is 0 Å². The molecule has 0 radical (unpaired) electrons. The molecule has 1 atom stereocenters. The zero-order valence-corrected chi connectivity index (χ0v) is 12.0. The normalized spacial score (nSPS) is 12.6. The van der Waals surface area contributed by atoms with Crippen molar-refractivity contribution < 1.29 is 19.4 Å². The Morgan fingerprint density at radius 1 is 1.25 bits per heavy atom. The zero-order valence-electron chi connectivity index (χ0n) is 12.0. The number of carbonyl (C=O) groups is 2. The number of benzene rings is 1. The maximum absolute atomic E-state index is 11.7. The van der Waals surface area contributed by atoms with Crippen molar-refractivity contribution in [1.82, 2.24) is 5.32 Å². The minimum Gasteiger partial charge on any atom is -0.550 e. The third-order valence-corrected chi connectivity index (χ3v) is 2.46. The van der Waals surface area contributed by atoms with Crippen molar-refractivity contribution in [2.24, 2.45) is 0 Å². The van der Waals surface area contributed by atoms with E-state index < -0.39 is 23.7 Å². The highest BCUT2D eigenvalue weighted by atomic mass is 16.6. The zero-order chi connectivity index (χ0) is 15.2. The van der Waals surface area contributed by atoms with Crippen molar-refractivity contribution in [3.63, 3.8) is 0 Å². The summed E-state index contributed by atoms with van der Waals surface area (Å²) in [5.41, 5.74) is 0.317. The van der Waals surface area contributed by atoms with Crippen LogP contribution in [0.3, 0.4) is 0 Å². The lowest BCUT2D eigenvalue weighted by Crippen LogP contribution is -2.43. The quantitative estimate of drug-likeness (QED) is 0.879. The van der Waals surface area contributed by atoms with Gasteiger partial charge >= 0.3 is 6.09 Å². The lowest BCUT2D eigenvalue weighted by atomic mass is 10.0. The van der Waals surface area contributed by atoms with E-state index in [1.165, 1.54) is 0 Å². The van der Waals surface area contributed by atoms with Crippen molar-refractivity contribution >= 4 is 12.1 Å². The van der Waals surface area contributed by atoms with Gasteiger partial charge in [0, 0.05) is 18.4 Å². The van der Waals surface area contributed by atoms with Crippen molar-refractivity contribution in [2.45, 2.75) is 45.3 Å². The molecule has 1 rings (SSSR count). The van der Waals surface area contributed by atoms with E-state index in [1.807, 2.05) is 30.3 Å². The van der Waals surface area contributed by atoms with Gasteiger partial charge in [0.25, 0.3) is 0 Å². The monoisotopic (exact) mass is 278 g/mol. The number of hydrogen-bond acceptors (Lipinski definition) is 4. The Kier molecular flexibility index (Phi) is 5.55. The number of carboxylic acid groups (broad SMARTS) is 1. The Morgan fingerprint density at radius 2 is 1.85 bits per heavy atom. The number of alkyl carbamates (subject to hydrolysis) is 1. The molecule has 1 aromatic carbocycles. The second kappa shape index (κ2) is 6.93. The Labute approximate surface area is 118 Å². The summed E-state index contributed by atoms with van der Waals surface area (Å²) in [5, 5.41) is 13.3. The summed E-state index contributed by atoms with van der Waals surface area (Å²) in [7, 11) is 0. The Morgan fingerprint density at radius 3 is 2.35 bits per heavy atom. The van der Waals surface area contributed by atoms with E-state index in [0.29, 0.717) is 6.42 Å². The van der Waals surface area contributed by atoms with E-state index in [1.54, 1.807) is 20.8 Å². The summed E-state index contributed by atoms with van der Waals surface area (Å²) in [6, 6.07) is 8.78. The standard InChI is InChI=1S/C15H21NO4/c1-15(2,3)20-14(19)16-12(10-13(17)18)9-11-7-5-4-6-8-11/h4-8,12H,9-10H2,1-3H3,(H,16,19)(H,17,18)/p-1/t12-/m1/s1. The second-order valence-electron chi connectivity index (χ2n) is 5.61. The Balaban J connectivity index is 2.65. The molecule has 0 aliphatic carbocycles. The summed E-state index contributed by atoms with van der Waals surface area (Å²) in [5.74, 6) is -1.21. The Hall–Kier alpha value is -2.04. The molecule has 0 unspecified atom stereocenters. The van der Waals surface area contributed by atoms with Gasteiger partial charge in [-0.05, 0) is 32.8 Å². The van der Waals surface area contributed by atoms with Crippen LogP contribution >= 0.6 is 0 Å². The van der Waals surface area contributed by atoms with E-state index in [0.717, 1.165) is 5.56 Å². The molecule has 0 fully saturated rings. The highest BCUT2D eigenvalue weighted by Crippen LogP contribution is 2.09. The summed E-state index contributed by atoms with van der Waals surface area (Å²) < 4.78 is 5.12. The van der Waals surface area contributed by atoms with Crippen LogP contribution in [-0.2, 0) is 16.0 Å². The first-order chi connectivity index (χ1) is 9.26. The smallest absolute Gasteiger partial charge is 0.407 e. The van der Waals surface area contributed by atoms with Crippen LogP contribution in [0.25, 0.3) is 0 Å². The van der Waals surface area contributed by atoms with Gasteiger partial charge < -0.3 is 20.0 Å². The fourth-order valence-electron chi connectivity index (χ4n) is 1.75. The van der Waals surface area contributed by atoms with Crippen LogP contribution in [0, 0.1) is 0 Å². The first-order valence-electron chi connectivity index (χ1n) is 6.49. The van der Waals surface area contributed by atoms with Crippen molar-refractivity contribution in [3.8, 4) is 0 Å². The topological polar surface area (TPSA) is 78.5 Å². The minimum atomic E-state index is -1.21. The van der Waals surface area contributed by atoms with Gasteiger partial charge in [-0.1, -0.05) is 30.3 Å². The fraction of sp³-hybridized carbons (Fsp3) is 0.467. The summed E-state index contributed by atoms with van der Waals surface area (Å²) >= 11 is 0. The highest BCUT2D eigenvalue weighted by molar-refractivity contribution is 5.70. The Bertz CT molecular complexity index is 451. The third kappa shape index (κ3) is 6.78. The lowest BCUT2D eigenvalue weighted by Gasteiger charge is -2.24. The molecule has 0 aliphatic rings. The minimum absolute atomic E-state index is 0.256. The molecule has 5 heteroatoms. The number of carboxylic acids is 1. The SMILES string of the molecule is CC(C)(C)OC(=O)N[C@@H](CC(=O)[O-])Cc1ccccc1. The van der Waals surface area contributed by atoms with Crippen LogP contribution in [0.5, 0.6) is 0 Å². The molecule has 0 saturated heterocycles. The predicted octanol–water partition coefficient (Wildman–Crippen LogP) is 1.26. The molecule has 110 valence electrons. The van der Waals surface area contributed by atoms with Crippen LogP contribution in [0.2, 0.25) is 0 Å². The molecule has 0 heterocycles. The van der Waals surface area contributed by atoms with E-state index >= 15 is 0 Å². The third-order valence-electron chi connectivity index (χ3n) is 2.46. The average molecular weight is 278 g/mol. The van der Waals surface area contributed by atoms with Gasteiger partial charge in [-0.25, -0.2) is 4.79 Å². The lowest BCUT2D eigenvalue weighted by molar-refractivity contribution is -0.306. The summed E-state index contributed by atoms with van der Waals surface area (Å²) in [6.45, 7) is 5.24. The number of ether oxygens (including phenoxy) is 1. The van der Waals surface area contributed by atoms with E-state index in [2.05, 4.69) is 5.32 Å². The van der Waals surface area contributed by atoms with Gasteiger partial charge in [-0.2, -0.15) is 0 Å². The number of nitrogens with one attached hydrogen (secondary N) is 1. The van der Waals surface area contributed by atoms with Crippen LogP contribution in [0.1, 0.15) is 32.8 Å². The van der Waals surface area contributed by atoms with Gasteiger partial charge in [0.1, 0.15) is 5.60 Å². The fourth-order valence-corrected chi connectivity index (χ4v) is 1.75. The average Bonchev–Trinajstić information content (AvgIpc) is 2.26. The number of rotatable bonds is 5. The van der Waals surface area contributed by atoms with Crippen molar-refractivity contribution in [2.75, 3.05) is 0 Å². The first kappa shape index (κ1) is 16.0. The predicted molar refractivity (Wildman–Crippen MR) is 72.9 cm³/mol. The second-order valence-corrected chi connectivity index (χ2v) is 5.61. The number of amides is 1. The molecule has 1 N–H and O–H groups in total. The summed E-state index contributed by atoms with van der Waals surface area (Å²) in [4.78, 5) is 22.5. The molecule has 1 amide bonds. The van der Waals surface area contributed by atoms with E-state index in [4.69, 9.17) is 4.74 Å². The largest absolute Gasteiger partial charge is 0.550 e. The molecular weight excluding hydrogens is 258 g/mol. The van der Waals surface area contributed by atoms with Gasteiger partial charge in [-0.15, -0.1) is 0 Å². The maximum Gasteiger partial charge on any atom is 0.407 e. The van der Waals surface area contributed by atoms with Crippen molar-refractivity contribution in [3.05, 3.63) is 35.9 Å². The first-order valence-corrected chi connectivity index (χ1v) is 6.49. The molecule has 0 spiro atoms.